The lowest BCUT2D eigenvalue weighted by molar-refractivity contribution is 0.0499. The van der Waals surface area contributed by atoms with Gasteiger partial charge in [0, 0.05) is 61.6 Å². The molecule has 4 heteroatoms. The summed E-state index contributed by atoms with van der Waals surface area (Å²) in [6.07, 6.45) is 1.37. The topological polar surface area (TPSA) is 9.72 Å². The Morgan fingerprint density at radius 3 is 2.38 bits per heavy atom. The Kier molecular flexibility index (Phi) is 4.88. The number of hydrogen-bond acceptors (Lipinski definition) is 3. The van der Waals surface area contributed by atoms with E-state index in [-0.39, 0.29) is 0 Å². The van der Waals surface area contributed by atoms with Crippen molar-refractivity contribution < 1.29 is 0 Å². The Morgan fingerprint density at radius 1 is 1.12 bits per heavy atom. The van der Waals surface area contributed by atoms with Gasteiger partial charge in [0.05, 0.1) is 0 Å². The Morgan fingerprint density at radius 2 is 1.81 bits per heavy atom. The summed E-state index contributed by atoms with van der Waals surface area (Å²) in [7, 11) is 0. The molecule has 0 N–H and O–H groups in total. The van der Waals surface area contributed by atoms with E-state index in [0.29, 0.717) is 0 Å². The Hall–Kier alpha value is 0.610. The maximum Gasteiger partial charge on any atom is 0.0209 e. The third kappa shape index (κ3) is 3.09. The smallest absolute Gasteiger partial charge is 0.0209 e. The minimum atomic E-state index is 0.841. The molecule has 0 spiro atoms. The zero-order valence-electron chi connectivity index (χ0n) is 10.5. The standard InChI is InChI=1S/C12H24IN3/c1-3-14-5-4-12(11(2)10-14)15-6-8-16(13)9-7-15/h11-12H,3-10H2,1-2H3/t11-,12?/m0/s1. The van der Waals surface area contributed by atoms with Crippen LogP contribution in [-0.4, -0.2) is 64.8 Å². The first-order valence-corrected chi connectivity index (χ1v) is 7.54. The SMILES string of the molecule is CCN1CCC(N2CCN(I)CC2)[C@@H](C)C1. The van der Waals surface area contributed by atoms with Crippen LogP contribution in [0.4, 0.5) is 0 Å². The van der Waals surface area contributed by atoms with Crippen LogP contribution in [0.25, 0.3) is 0 Å². The molecule has 1 unspecified atom stereocenters. The van der Waals surface area contributed by atoms with Gasteiger partial charge in [-0.1, -0.05) is 13.8 Å². The maximum absolute atomic E-state index is 2.73. The van der Waals surface area contributed by atoms with E-state index in [1.807, 2.05) is 0 Å². The molecule has 2 rings (SSSR count). The second-order valence-corrected chi connectivity index (χ2v) is 6.54. The van der Waals surface area contributed by atoms with Crippen molar-refractivity contribution in [3.8, 4) is 0 Å². The van der Waals surface area contributed by atoms with Crippen LogP contribution in [0.15, 0.2) is 0 Å². The lowest BCUT2D eigenvalue weighted by Crippen LogP contribution is -2.54. The van der Waals surface area contributed by atoms with E-state index in [4.69, 9.17) is 0 Å². The fourth-order valence-corrected chi connectivity index (χ4v) is 3.51. The van der Waals surface area contributed by atoms with Gasteiger partial charge in [0.1, 0.15) is 0 Å². The van der Waals surface area contributed by atoms with Crippen molar-refractivity contribution >= 4 is 22.9 Å². The third-order valence-corrected chi connectivity index (χ3v) is 5.08. The quantitative estimate of drug-likeness (QED) is 0.561. The van der Waals surface area contributed by atoms with Crippen molar-refractivity contribution in [3.05, 3.63) is 0 Å². The van der Waals surface area contributed by atoms with Crippen molar-refractivity contribution in [2.45, 2.75) is 26.3 Å². The molecule has 2 aliphatic heterocycles. The number of likely N-dealkylation sites (tertiary alicyclic amines) is 1. The lowest BCUT2D eigenvalue weighted by Gasteiger charge is -2.44. The van der Waals surface area contributed by atoms with E-state index in [0.717, 1.165) is 12.0 Å². The average molecular weight is 337 g/mol. The zero-order valence-corrected chi connectivity index (χ0v) is 12.7. The number of hydrogen-bond donors (Lipinski definition) is 0. The molecular weight excluding hydrogens is 313 g/mol. The molecule has 0 saturated carbocycles. The van der Waals surface area contributed by atoms with Crippen molar-refractivity contribution in [1.29, 1.82) is 0 Å². The molecule has 2 fully saturated rings. The molecule has 3 nitrogen and oxygen atoms in total. The van der Waals surface area contributed by atoms with Crippen LogP contribution in [0.5, 0.6) is 0 Å². The summed E-state index contributed by atoms with van der Waals surface area (Å²) < 4.78 is 2.42. The molecule has 0 aromatic heterocycles. The molecular formula is C12H24IN3. The van der Waals surface area contributed by atoms with Crippen LogP contribution in [0.1, 0.15) is 20.3 Å². The molecule has 2 atom stereocenters. The average Bonchev–Trinajstić information content (AvgIpc) is 2.30. The van der Waals surface area contributed by atoms with Crippen molar-refractivity contribution in [1.82, 2.24) is 12.9 Å². The van der Waals surface area contributed by atoms with Gasteiger partial charge in [-0.15, -0.1) is 0 Å². The van der Waals surface area contributed by atoms with Crippen LogP contribution in [-0.2, 0) is 0 Å². The van der Waals surface area contributed by atoms with Gasteiger partial charge < -0.3 is 4.90 Å². The molecule has 94 valence electrons. The van der Waals surface area contributed by atoms with E-state index >= 15 is 0 Å². The van der Waals surface area contributed by atoms with Gasteiger partial charge in [-0.2, -0.15) is 0 Å². The fourth-order valence-electron chi connectivity index (χ4n) is 3.08. The molecule has 0 aromatic carbocycles. The third-order valence-electron chi connectivity index (χ3n) is 4.12. The number of nitrogens with zero attached hydrogens (tertiary/aromatic N) is 3. The van der Waals surface area contributed by atoms with Gasteiger partial charge >= 0.3 is 0 Å². The molecule has 0 aliphatic carbocycles. The molecule has 0 aromatic rings. The molecule has 2 aliphatic rings. The van der Waals surface area contributed by atoms with Crippen molar-refractivity contribution in [2.75, 3.05) is 45.8 Å². The molecule has 0 radical (unpaired) electrons. The van der Waals surface area contributed by atoms with E-state index in [2.05, 4.69) is 49.6 Å². The fraction of sp³-hybridized carbons (Fsp3) is 1.00. The predicted octanol–water partition coefficient (Wildman–Crippen LogP) is 1.68. The first-order chi connectivity index (χ1) is 7.70. The van der Waals surface area contributed by atoms with Gasteiger partial charge in [0.15, 0.2) is 0 Å². The number of rotatable bonds is 2. The largest absolute Gasteiger partial charge is 0.303 e. The second kappa shape index (κ2) is 5.98. The van der Waals surface area contributed by atoms with Gasteiger partial charge in [0.2, 0.25) is 0 Å². The summed E-state index contributed by atoms with van der Waals surface area (Å²) in [6, 6.07) is 0.841. The number of piperidine rings is 1. The summed E-state index contributed by atoms with van der Waals surface area (Å²) in [6.45, 7) is 13.5. The van der Waals surface area contributed by atoms with Crippen LogP contribution < -0.4 is 0 Å². The highest BCUT2D eigenvalue weighted by Gasteiger charge is 2.31. The summed E-state index contributed by atoms with van der Waals surface area (Å²) in [5.41, 5.74) is 0. The Balaban J connectivity index is 1.85. The van der Waals surface area contributed by atoms with Gasteiger partial charge in [0.25, 0.3) is 0 Å². The normalized spacial score (nSPS) is 35.4. The van der Waals surface area contributed by atoms with Crippen LogP contribution in [0, 0.1) is 5.92 Å². The van der Waals surface area contributed by atoms with Crippen LogP contribution in [0.3, 0.4) is 0 Å². The molecule has 0 bridgehead atoms. The zero-order chi connectivity index (χ0) is 11.5. The van der Waals surface area contributed by atoms with E-state index < -0.39 is 0 Å². The minimum absolute atomic E-state index is 0.841. The number of halogens is 1. The molecule has 2 saturated heterocycles. The maximum atomic E-state index is 2.73. The first-order valence-electron chi connectivity index (χ1n) is 6.58. The van der Waals surface area contributed by atoms with E-state index in [1.165, 1.54) is 52.2 Å². The highest BCUT2D eigenvalue weighted by molar-refractivity contribution is 14.1. The predicted molar refractivity (Wildman–Crippen MR) is 76.8 cm³/mol. The van der Waals surface area contributed by atoms with Gasteiger partial charge in [-0.05, 0) is 25.4 Å². The van der Waals surface area contributed by atoms with Gasteiger partial charge in [-0.3, -0.25) is 4.90 Å². The Bertz CT molecular complexity index is 216. The molecule has 0 amide bonds. The summed E-state index contributed by atoms with van der Waals surface area (Å²) in [5, 5.41) is 0. The van der Waals surface area contributed by atoms with E-state index in [9.17, 15) is 0 Å². The summed E-state index contributed by atoms with van der Waals surface area (Å²) >= 11 is 2.45. The molecule has 2 heterocycles. The summed E-state index contributed by atoms with van der Waals surface area (Å²) in [4.78, 5) is 5.32. The van der Waals surface area contributed by atoms with Gasteiger partial charge in [-0.25, -0.2) is 3.11 Å². The summed E-state index contributed by atoms with van der Waals surface area (Å²) in [5.74, 6) is 0.842. The van der Waals surface area contributed by atoms with Crippen LogP contribution in [0.2, 0.25) is 0 Å². The minimum Gasteiger partial charge on any atom is -0.303 e. The van der Waals surface area contributed by atoms with Crippen molar-refractivity contribution in [2.24, 2.45) is 5.92 Å². The first kappa shape index (κ1) is 13.1. The van der Waals surface area contributed by atoms with Crippen LogP contribution >= 0.6 is 22.9 Å². The number of piperazine rings is 1. The highest BCUT2D eigenvalue weighted by atomic mass is 127. The molecule has 16 heavy (non-hydrogen) atoms. The monoisotopic (exact) mass is 337 g/mol. The highest BCUT2D eigenvalue weighted by Crippen LogP contribution is 2.23. The Labute approximate surface area is 114 Å². The van der Waals surface area contributed by atoms with E-state index in [1.54, 1.807) is 0 Å². The lowest BCUT2D eigenvalue weighted by atomic mass is 9.92. The second-order valence-electron chi connectivity index (χ2n) is 5.17. The van der Waals surface area contributed by atoms with Crippen molar-refractivity contribution in [3.63, 3.8) is 0 Å².